The number of carbonyl (C=O) groups is 1. The topological polar surface area (TPSA) is 106 Å². The van der Waals surface area contributed by atoms with E-state index >= 15 is 0 Å². The van der Waals surface area contributed by atoms with E-state index in [-0.39, 0.29) is 25.0 Å². The number of aliphatic hydroxyl groups excluding tert-OH is 1. The normalized spacial score (nSPS) is 12.2. The minimum absolute atomic E-state index is 0.116. The zero-order chi connectivity index (χ0) is 20.4. The van der Waals surface area contributed by atoms with Gasteiger partial charge in [-0.05, 0) is 55.2 Å². The van der Waals surface area contributed by atoms with Crippen LogP contribution in [0.4, 0.5) is 5.00 Å². The van der Waals surface area contributed by atoms with Crippen molar-refractivity contribution in [3.05, 3.63) is 65.2 Å². The number of fused-ring (bicyclic) bond motifs is 1. The number of hydrogen-bond acceptors (Lipinski definition) is 7. The molecule has 2 N–H and O–H groups in total. The van der Waals surface area contributed by atoms with Gasteiger partial charge in [0.1, 0.15) is 5.00 Å². The van der Waals surface area contributed by atoms with E-state index in [4.69, 9.17) is 0 Å². The highest BCUT2D eigenvalue weighted by atomic mass is 32.1. The molecule has 0 spiro atoms. The SMILES string of the molecule is Cc1cc(NC(=O)c2c(CCO)nnn2C(C)c2ccc3ncccc3c2)sn1. The molecule has 3 aromatic heterocycles. The Morgan fingerprint density at radius 2 is 2.17 bits per heavy atom. The van der Waals surface area contributed by atoms with Crippen LogP contribution in [0.3, 0.4) is 0 Å². The molecule has 0 saturated heterocycles. The molecule has 0 aliphatic carbocycles. The lowest BCUT2D eigenvalue weighted by Gasteiger charge is -2.16. The predicted molar refractivity (Wildman–Crippen MR) is 111 cm³/mol. The Balaban J connectivity index is 1.71. The standard InChI is InChI=1S/C20H20N6O2S/c1-12-10-18(29-24-12)22-20(28)19-17(7-9-27)23-25-26(19)13(2)14-5-6-16-15(11-14)4-3-8-21-16/h3-6,8,10-11,13,27H,7,9H2,1-2H3,(H,22,28). The molecule has 148 valence electrons. The van der Waals surface area contributed by atoms with E-state index in [1.165, 1.54) is 11.5 Å². The summed E-state index contributed by atoms with van der Waals surface area (Å²) in [6, 6.07) is 11.4. The third-order valence-corrected chi connectivity index (χ3v) is 5.46. The predicted octanol–water partition coefficient (Wildman–Crippen LogP) is 2.99. The molecule has 1 atom stereocenters. The third kappa shape index (κ3) is 3.87. The summed E-state index contributed by atoms with van der Waals surface area (Å²) in [7, 11) is 0. The molecular weight excluding hydrogens is 388 g/mol. The molecular formula is C20H20N6O2S. The number of hydrogen-bond donors (Lipinski definition) is 2. The summed E-state index contributed by atoms with van der Waals surface area (Å²) in [4.78, 5) is 17.4. The summed E-state index contributed by atoms with van der Waals surface area (Å²) in [6.07, 6.45) is 2.01. The van der Waals surface area contributed by atoms with E-state index in [2.05, 4.69) is 25.0 Å². The first-order chi connectivity index (χ1) is 14.1. The van der Waals surface area contributed by atoms with Gasteiger partial charge in [-0.2, -0.15) is 4.37 Å². The second-order valence-electron chi connectivity index (χ2n) is 6.72. The molecule has 1 amide bonds. The molecule has 1 aromatic carbocycles. The van der Waals surface area contributed by atoms with E-state index in [1.54, 1.807) is 10.9 Å². The third-order valence-electron chi connectivity index (χ3n) is 4.67. The van der Waals surface area contributed by atoms with Crippen LogP contribution in [0.2, 0.25) is 0 Å². The molecule has 3 heterocycles. The summed E-state index contributed by atoms with van der Waals surface area (Å²) in [5, 5.41) is 22.3. The molecule has 0 bridgehead atoms. The number of aryl methyl sites for hydroxylation is 1. The van der Waals surface area contributed by atoms with E-state index in [9.17, 15) is 9.90 Å². The van der Waals surface area contributed by atoms with Crippen LogP contribution >= 0.6 is 11.5 Å². The Morgan fingerprint density at radius 3 is 2.93 bits per heavy atom. The smallest absolute Gasteiger partial charge is 0.276 e. The number of rotatable bonds is 6. The van der Waals surface area contributed by atoms with Crippen molar-refractivity contribution in [1.82, 2.24) is 24.4 Å². The van der Waals surface area contributed by atoms with E-state index < -0.39 is 0 Å². The lowest BCUT2D eigenvalue weighted by atomic mass is 10.0. The van der Waals surface area contributed by atoms with E-state index in [0.717, 1.165) is 22.2 Å². The van der Waals surface area contributed by atoms with Crippen LogP contribution in [0.5, 0.6) is 0 Å². The second kappa shape index (κ2) is 8.06. The number of aromatic nitrogens is 5. The zero-order valence-electron chi connectivity index (χ0n) is 16.0. The van der Waals surface area contributed by atoms with Gasteiger partial charge >= 0.3 is 0 Å². The van der Waals surface area contributed by atoms with Crippen LogP contribution in [0.15, 0.2) is 42.6 Å². The van der Waals surface area contributed by atoms with Crippen molar-refractivity contribution in [1.29, 1.82) is 0 Å². The lowest BCUT2D eigenvalue weighted by molar-refractivity contribution is 0.101. The first kappa shape index (κ1) is 19.2. The molecule has 0 saturated carbocycles. The zero-order valence-corrected chi connectivity index (χ0v) is 16.8. The molecule has 0 aliphatic heterocycles. The maximum atomic E-state index is 13.0. The fourth-order valence-electron chi connectivity index (χ4n) is 3.20. The number of aliphatic hydroxyl groups is 1. The van der Waals surface area contributed by atoms with Gasteiger partial charge in [-0.1, -0.05) is 17.3 Å². The number of nitrogens with zero attached hydrogens (tertiary/aromatic N) is 5. The average molecular weight is 408 g/mol. The second-order valence-corrected chi connectivity index (χ2v) is 7.53. The van der Waals surface area contributed by atoms with E-state index in [0.29, 0.717) is 16.4 Å². The first-order valence-corrected chi connectivity index (χ1v) is 9.98. The summed E-state index contributed by atoms with van der Waals surface area (Å²) in [5.74, 6) is -0.323. The van der Waals surface area contributed by atoms with E-state index in [1.807, 2.05) is 50.2 Å². The maximum Gasteiger partial charge on any atom is 0.276 e. The summed E-state index contributed by atoms with van der Waals surface area (Å²) in [5.41, 5.74) is 3.52. The number of nitrogens with one attached hydrogen (secondary N) is 1. The largest absolute Gasteiger partial charge is 0.396 e. The van der Waals surface area contributed by atoms with Gasteiger partial charge in [-0.3, -0.25) is 9.78 Å². The summed E-state index contributed by atoms with van der Waals surface area (Å²) < 4.78 is 5.79. The fourth-order valence-corrected chi connectivity index (χ4v) is 3.85. The van der Waals surface area contributed by atoms with Gasteiger partial charge in [0.25, 0.3) is 5.91 Å². The first-order valence-electron chi connectivity index (χ1n) is 9.21. The monoisotopic (exact) mass is 408 g/mol. The van der Waals surface area contributed by atoms with Gasteiger partial charge in [0.15, 0.2) is 5.69 Å². The molecule has 0 aliphatic rings. The summed E-state index contributed by atoms with van der Waals surface area (Å²) in [6.45, 7) is 3.71. The van der Waals surface area contributed by atoms with Crippen molar-refractivity contribution in [3.8, 4) is 0 Å². The van der Waals surface area contributed by atoms with Crippen molar-refractivity contribution in [2.75, 3.05) is 11.9 Å². The molecule has 0 fully saturated rings. The van der Waals surface area contributed by atoms with Crippen LogP contribution in [-0.2, 0) is 6.42 Å². The number of amides is 1. The van der Waals surface area contributed by atoms with Crippen LogP contribution in [0.1, 0.15) is 40.4 Å². The highest BCUT2D eigenvalue weighted by Gasteiger charge is 2.24. The Bertz CT molecular complexity index is 1170. The molecule has 1 unspecified atom stereocenters. The highest BCUT2D eigenvalue weighted by Crippen LogP contribution is 2.25. The van der Waals surface area contributed by atoms with Gasteiger partial charge in [0.2, 0.25) is 0 Å². The fraction of sp³-hybridized carbons (Fsp3) is 0.250. The van der Waals surface area contributed by atoms with Crippen LogP contribution in [0, 0.1) is 6.92 Å². The Labute approximate surface area is 171 Å². The maximum absolute atomic E-state index is 13.0. The van der Waals surface area contributed by atoms with Crippen molar-refractivity contribution in [2.24, 2.45) is 0 Å². The van der Waals surface area contributed by atoms with Crippen molar-refractivity contribution < 1.29 is 9.90 Å². The molecule has 29 heavy (non-hydrogen) atoms. The van der Waals surface area contributed by atoms with Crippen molar-refractivity contribution >= 4 is 33.3 Å². The minimum atomic E-state index is -0.323. The average Bonchev–Trinajstić information content (AvgIpc) is 3.33. The Hall–Kier alpha value is -3.17. The van der Waals surface area contributed by atoms with Crippen molar-refractivity contribution in [3.63, 3.8) is 0 Å². The minimum Gasteiger partial charge on any atom is -0.396 e. The molecule has 4 rings (SSSR count). The van der Waals surface area contributed by atoms with Gasteiger partial charge in [0.05, 0.1) is 22.9 Å². The quantitative estimate of drug-likeness (QED) is 0.508. The number of carbonyl (C=O) groups excluding carboxylic acids is 1. The van der Waals surface area contributed by atoms with Gasteiger partial charge < -0.3 is 10.4 Å². The number of benzene rings is 1. The lowest BCUT2D eigenvalue weighted by Crippen LogP contribution is -2.22. The highest BCUT2D eigenvalue weighted by molar-refractivity contribution is 7.10. The van der Waals surface area contributed by atoms with Crippen LogP contribution < -0.4 is 5.32 Å². The number of pyridine rings is 1. The van der Waals surface area contributed by atoms with Crippen LogP contribution in [0.25, 0.3) is 10.9 Å². The molecule has 0 radical (unpaired) electrons. The summed E-state index contributed by atoms with van der Waals surface area (Å²) >= 11 is 1.22. The van der Waals surface area contributed by atoms with Gasteiger partial charge in [-0.15, -0.1) is 5.10 Å². The van der Waals surface area contributed by atoms with Gasteiger partial charge in [-0.25, -0.2) is 4.68 Å². The van der Waals surface area contributed by atoms with Gasteiger partial charge in [0, 0.05) is 24.6 Å². The molecule has 9 heteroatoms. The Kier molecular flexibility index (Phi) is 5.32. The molecule has 4 aromatic rings. The van der Waals surface area contributed by atoms with Crippen molar-refractivity contribution in [2.45, 2.75) is 26.3 Å². The number of anilines is 1. The molecule has 8 nitrogen and oxygen atoms in total. The Morgan fingerprint density at radius 1 is 1.31 bits per heavy atom. The van der Waals surface area contributed by atoms with Crippen LogP contribution in [-0.4, -0.2) is 42.0 Å².